The zero-order chi connectivity index (χ0) is 28.3. The van der Waals surface area contributed by atoms with Crippen LogP contribution in [0.2, 0.25) is 0 Å². The van der Waals surface area contributed by atoms with Crippen LogP contribution in [-0.4, -0.2) is 54.3 Å². The number of hydrogen-bond donors (Lipinski definition) is 1. The smallest absolute Gasteiger partial charge is 0.262 e. The molecule has 0 radical (unpaired) electrons. The highest BCUT2D eigenvalue weighted by molar-refractivity contribution is 6.23. The Hall–Kier alpha value is -4.73. The predicted molar refractivity (Wildman–Crippen MR) is 151 cm³/mol. The van der Waals surface area contributed by atoms with E-state index in [1.807, 2.05) is 47.4 Å². The van der Waals surface area contributed by atoms with Crippen LogP contribution < -0.4 is 5.32 Å². The van der Waals surface area contributed by atoms with E-state index in [1.54, 1.807) is 18.3 Å². The molecule has 1 atom stereocenters. The van der Waals surface area contributed by atoms with Gasteiger partial charge >= 0.3 is 0 Å². The molecule has 4 amide bonds. The van der Waals surface area contributed by atoms with E-state index in [0.717, 1.165) is 77.8 Å². The lowest BCUT2D eigenvalue weighted by Gasteiger charge is -2.27. The summed E-state index contributed by atoms with van der Waals surface area (Å²) < 4.78 is 1.95. The molecular formula is C31H30N6O4. The van der Waals surface area contributed by atoms with Gasteiger partial charge in [-0.3, -0.25) is 39.1 Å². The quantitative estimate of drug-likeness (QED) is 0.233. The molecule has 2 aromatic carbocycles. The van der Waals surface area contributed by atoms with Crippen LogP contribution in [0.15, 0.2) is 61.1 Å². The lowest BCUT2D eigenvalue weighted by molar-refractivity contribution is -0.136. The lowest BCUT2D eigenvalue weighted by Crippen LogP contribution is -2.54. The summed E-state index contributed by atoms with van der Waals surface area (Å²) in [5.41, 5.74) is 5.17. The Bertz CT molecular complexity index is 1660. The number of hydrogen-bond acceptors (Lipinski definition) is 7. The number of imide groups is 2. The number of piperidine rings is 1. The van der Waals surface area contributed by atoms with Crippen molar-refractivity contribution in [3.05, 3.63) is 77.7 Å². The van der Waals surface area contributed by atoms with Crippen LogP contribution in [-0.2, 0) is 22.6 Å². The molecule has 41 heavy (non-hydrogen) atoms. The summed E-state index contributed by atoms with van der Waals surface area (Å²) in [7, 11) is 0. The molecule has 1 N–H and O–H groups in total. The Morgan fingerprint density at radius 2 is 1.63 bits per heavy atom. The van der Waals surface area contributed by atoms with Gasteiger partial charge in [-0.1, -0.05) is 37.5 Å². The van der Waals surface area contributed by atoms with Crippen molar-refractivity contribution in [3.8, 4) is 11.3 Å². The molecule has 2 aliphatic rings. The van der Waals surface area contributed by atoms with Gasteiger partial charge in [0, 0.05) is 24.7 Å². The van der Waals surface area contributed by atoms with Crippen LogP contribution in [0.5, 0.6) is 0 Å². The van der Waals surface area contributed by atoms with Gasteiger partial charge in [0.15, 0.2) is 0 Å². The highest BCUT2D eigenvalue weighted by Gasteiger charge is 2.44. The van der Waals surface area contributed by atoms with Crippen molar-refractivity contribution >= 4 is 34.7 Å². The predicted octanol–water partition coefficient (Wildman–Crippen LogP) is 4.09. The minimum absolute atomic E-state index is 0.110. The fraction of sp³-hybridized carbons (Fsp3) is 0.323. The first kappa shape index (κ1) is 26.5. The number of aromatic nitrogens is 4. The monoisotopic (exact) mass is 550 g/mol. The Balaban J connectivity index is 0.944. The normalized spacial score (nSPS) is 16.9. The largest absolute Gasteiger partial charge is 0.295 e. The van der Waals surface area contributed by atoms with Crippen molar-refractivity contribution in [2.45, 2.75) is 64.0 Å². The maximum Gasteiger partial charge on any atom is 0.262 e. The van der Waals surface area contributed by atoms with Gasteiger partial charge in [0.25, 0.3) is 11.8 Å². The van der Waals surface area contributed by atoms with Crippen LogP contribution in [0.25, 0.3) is 22.3 Å². The number of fused-ring (bicyclic) bond motifs is 2. The second kappa shape index (κ2) is 11.4. The molecule has 1 fully saturated rings. The minimum Gasteiger partial charge on any atom is -0.295 e. The van der Waals surface area contributed by atoms with Gasteiger partial charge in [0.2, 0.25) is 11.8 Å². The van der Waals surface area contributed by atoms with Gasteiger partial charge in [-0.2, -0.15) is 5.10 Å². The third kappa shape index (κ3) is 5.50. The van der Waals surface area contributed by atoms with E-state index in [0.29, 0.717) is 11.1 Å². The van der Waals surface area contributed by atoms with E-state index >= 15 is 0 Å². The average molecular weight is 551 g/mol. The molecule has 6 rings (SSSR count). The van der Waals surface area contributed by atoms with E-state index < -0.39 is 23.8 Å². The average Bonchev–Trinajstić information content (AvgIpc) is 3.55. The molecule has 0 bridgehead atoms. The number of nitrogens with one attached hydrogen (secondary N) is 1. The molecule has 0 spiro atoms. The summed E-state index contributed by atoms with van der Waals surface area (Å²) in [5, 5.41) is 6.71. The molecule has 0 aliphatic carbocycles. The molecule has 1 saturated heterocycles. The number of carbonyl (C=O) groups is 4. The number of amides is 4. The highest BCUT2D eigenvalue weighted by atomic mass is 16.2. The van der Waals surface area contributed by atoms with Crippen molar-refractivity contribution in [2.75, 3.05) is 0 Å². The SMILES string of the molecule is O=C1CCC(N2C(=O)c3ccc(CCCCCCCn4cc(-c5cnc6ccccc6n5)cn4)cc3C2=O)C(=O)N1. The van der Waals surface area contributed by atoms with Gasteiger partial charge in [-0.15, -0.1) is 0 Å². The molecule has 2 aliphatic heterocycles. The standard InChI is InChI=1S/C31H30N6O4/c38-28-14-13-27(29(39)35-28)37-30(40)22-12-11-20(16-23(22)31(37)41)8-4-2-1-3-7-15-36-19-21(17-33-36)26-18-32-24-9-5-6-10-25(24)34-26/h5-6,9-12,16-19,27H,1-4,7-8,13-15H2,(H,35,38,39). The van der Waals surface area contributed by atoms with Crippen LogP contribution >= 0.6 is 0 Å². The van der Waals surface area contributed by atoms with Crippen molar-refractivity contribution in [2.24, 2.45) is 0 Å². The molecule has 4 aromatic rings. The fourth-order valence-electron chi connectivity index (χ4n) is 5.52. The van der Waals surface area contributed by atoms with Crippen molar-refractivity contribution in [1.82, 2.24) is 30.0 Å². The molecule has 10 heteroatoms. The van der Waals surface area contributed by atoms with Crippen molar-refractivity contribution in [1.29, 1.82) is 0 Å². The van der Waals surface area contributed by atoms with Crippen molar-refractivity contribution < 1.29 is 19.2 Å². The van der Waals surface area contributed by atoms with E-state index in [2.05, 4.69) is 15.4 Å². The number of benzene rings is 2. The van der Waals surface area contributed by atoms with Gasteiger partial charge in [0.1, 0.15) is 6.04 Å². The second-order valence-electron chi connectivity index (χ2n) is 10.6. The first-order valence-corrected chi connectivity index (χ1v) is 14.1. The zero-order valence-electron chi connectivity index (χ0n) is 22.6. The first-order valence-electron chi connectivity index (χ1n) is 14.1. The highest BCUT2D eigenvalue weighted by Crippen LogP contribution is 2.29. The topological polar surface area (TPSA) is 127 Å². The number of nitrogens with zero attached hydrogens (tertiary/aromatic N) is 5. The molecule has 208 valence electrons. The Kier molecular flexibility index (Phi) is 7.37. The fourth-order valence-corrected chi connectivity index (χ4v) is 5.52. The van der Waals surface area contributed by atoms with E-state index in [1.165, 1.54) is 0 Å². The maximum atomic E-state index is 13.0. The number of aryl methyl sites for hydroxylation is 2. The number of carbonyl (C=O) groups excluding carboxylic acids is 4. The third-order valence-corrected chi connectivity index (χ3v) is 7.73. The van der Waals surface area contributed by atoms with E-state index in [9.17, 15) is 19.2 Å². The number of unbranched alkanes of at least 4 members (excludes halogenated alkanes) is 4. The Morgan fingerprint density at radius 3 is 2.49 bits per heavy atom. The van der Waals surface area contributed by atoms with E-state index in [4.69, 9.17) is 4.98 Å². The van der Waals surface area contributed by atoms with Crippen LogP contribution in [0, 0.1) is 0 Å². The molecular weight excluding hydrogens is 520 g/mol. The lowest BCUT2D eigenvalue weighted by atomic mass is 10.0. The summed E-state index contributed by atoms with van der Waals surface area (Å²) in [6, 6.07) is 12.2. The number of rotatable bonds is 10. The maximum absolute atomic E-state index is 13.0. The second-order valence-corrected chi connectivity index (χ2v) is 10.6. The first-order chi connectivity index (χ1) is 20.0. The number of para-hydroxylation sites is 2. The zero-order valence-corrected chi connectivity index (χ0v) is 22.6. The molecule has 2 aromatic heterocycles. The van der Waals surface area contributed by atoms with Gasteiger partial charge < -0.3 is 0 Å². The summed E-state index contributed by atoms with van der Waals surface area (Å²) in [6.45, 7) is 0.839. The Labute approximate surface area is 236 Å². The van der Waals surface area contributed by atoms with E-state index in [-0.39, 0.29) is 18.7 Å². The van der Waals surface area contributed by atoms with Crippen LogP contribution in [0.3, 0.4) is 0 Å². The summed E-state index contributed by atoms with van der Waals surface area (Å²) in [4.78, 5) is 59.8. The summed E-state index contributed by atoms with van der Waals surface area (Å²) in [6.07, 6.45) is 11.9. The van der Waals surface area contributed by atoms with Gasteiger partial charge in [-0.05, 0) is 55.5 Å². The molecule has 1 unspecified atom stereocenters. The molecule has 4 heterocycles. The third-order valence-electron chi connectivity index (χ3n) is 7.73. The molecule has 0 saturated carbocycles. The summed E-state index contributed by atoms with van der Waals surface area (Å²) >= 11 is 0. The van der Waals surface area contributed by atoms with Gasteiger partial charge in [-0.25, -0.2) is 4.98 Å². The van der Waals surface area contributed by atoms with Crippen LogP contribution in [0.4, 0.5) is 0 Å². The Morgan fingerprint density at radius 1 is 0.854 bits per heavy atom. The minimum atomic E-state index is -0.941. The van der Waals surface area contributed by atoms with Crippen LogP contribution in [0.1, 0.15) is 71.2 Å². The van der Waals surface area contributed by atoms with Crippen molar-refractivity contribution in [3.63, 3.8) is 0 Å². The van der Waals surface area contributed by atoms with Gasteiger partial charge in [0.05, 0.1) is 40.2 Å². The summed E-state index contributed by atoms with van der Waals surface area (Å²) in [5.74, 6) is -1.91. The molecule has 10 nitrogen and oxygen atoms in total.